The van der Waals surface area contributed by atoms with Crippen LogP contribution in [0.15, 0.2) is 0 Å². The minimum absolute atomic E-state index is 0.0324. The molecule has 0 aromatic rings. The highest BCUT2D eigenvalue weighted by atomic mass is 16.2. The van der Waals surface area contributed by atoms with E-state index in [9.17, 15) is 9.59 Å². The van der Waals surface area contributed by atoms with Crippen LogP contribution in [0.1, 0.15) is 6.42 Å². The van der Waals surface area contributed by atoms with E-state index in [1.807, 2.05) is 0 Å². The van der Waals surface area contributed by atoms with Crippen molar-refractivity contribution in [2.45, 2.75) is 12.5 Å². The Morgan fingerprint density at radius 3 is 2.88 bits per heavy atom. The molecule has 0 bridgehead atoms. The Bertz CT molecular complexity index is 276. The number of hydrogen-bond acceptors (Lipinski definition) is 4. The van der Waals surface area contributed by atoms with Crippen LogP contribution >= 0.6 is 0 Å². The third-order valence-electron chi connectivity index (χ3n) is 2.96. The van der Waals surface area contributed by atoms with E-state index in [1.165, 1.54) is 0 Å². The van der Waals surface area contributed by atoms with E-state index < -0.39 is 0 Å². The average molecular weight is 226 g/mol. The maximum atomic E-state index is 12.1. The summed E-state index contributed by atoms with van der Waals surface area (Å²) in [5, 5.41) is 9.14. The predicted molar refractivity (Wildman–Crippen MR) is 58.9 cm³/mol. The molecular formula is C10H18N4O2. The smallest absolute Gasteiger partial charge is 0.241 e. The van der Waals surface area contributed by atoms with Gasteiger partial charge in [-0.15, -0.1) is 0 Å². The first-order chi connectivity index (χ1) is 7.77. The predicted octanol–water partition coefficient (Wildman–Crippen LogP) is -2.10. The standard InChI is InChI=1S/C10H18N4O2/c15-9-1-5-14(6-4-13-9)10(16)8-7-11-2-3-12-8/h8,11-12H,1-7H2,(H,13,15). The van der Waals surface area contributed by atoms with Crippen molar-refractivity contribution in [3.8, 4) is 0 Å². The summed E-state index contributed by atoms with van der Waals surface area (Å²) in [7, 11) is 0. The van der Waals surface area contributed by atoms with E-state index in [2.05, 4.69) is 16.0 Å². The zero-order chi connectivity index (χ0) is 11.4. The maximum Gasteiger partial charge on any atom is 0.241 e. The molecule has 0 aromatic heterocycles. The molecule has 0 spiro atoms. The number of carbonyl (C=O) groups is 2. The summed E-state index contributed by atoms with van der Waals surface area (Å²) in [6.45, 7) is 4.11. The van der Waals surface area contributed by atoms with Crippen molar-refractivity contribution in [1.29, 1.82) is 0 Å². The van der Waals surface area contributed by atoms with Crippen molar-refractivity contribution in [3.05, 3.63) is 0 Å². The van der Waals surface area contributed by atoms with Crippen molar-refractivity contribution < 1.29 is 9.59 Å². The van der Waals surface area contributed by atoms with Gasteiger partial charge >= 0.3 is 0 Å². The molecule has 1 atom stereocenters. The van der Waals surface area contributed by atoms with E-state index >= 15 is 0 Å². The number of rotatable bonds is 1. The van der Waals surface area contributed by atoms with Gasteiger partial charge in [-0.1, -0.05) is 0 Å². The van der Waals surface area contributed by atoms with Gasteiger partial charge in [-0.3, -0.25) is 9.59 Å². The molecule has 16 heavy (non-hydrogen) atoms. The van der Waals surface area contributed by atoms with Crippen LogP contribution in [0.3, 0.4) is 0 Å². The molecule has 3 N–H and O–H groups in total. The fourth-order valence-corrected chi connectivity index (χ4v) is 2.04. The molecule has 1 unspecified atom stereocenters. The molecule has 6 nitrogen and oxygen atoms in total. The molecule has 0 radical (unpaired) electrons. The molecule has 2 fully saturated rings. The van der Waals surface area contributed by atoms with Crippen molar-refractivity contribution in [2.24, 2.45) is 0 Å². The first-order valence-corrected chi connectivity index (χ1v) is 5.77. The van der Waals surface area contributed by atoms with Gasteiger partial charge in [-0.2, -0.15) is 0 Å². The molecule has 2 aliphatic rings. The van der Waals surface area contributed by atoms with Crippen LogP contribution in [0.4, 0.5) is 0 Å². The van der Waals surface area contributed by atoms with Crippen LogP contribution in [0.5, 0.6) is 0 Å². The van der Waals surface area contributed by atoms with Gasteiger partial charge in [-0.25, -0.2) is 0 Å². The summed E-state index contributed by atoms with van der Waals surface area (Å²) in [5.74, 6) is 0.133. The Labute approximate surface area is 94.7 Å². The molecule has 0 aliphatic carbocycles. The summed E-state index contributed by atoms with van der Waals surface area (Å²) in [5.41, 5.74) is 0. The van der Waals surface area contributed by atoms with Crippen LogP contribution in [0.25, 0.3) is 0 Å². The lowest BCUT2D eigenvalue weighted by molar-refractivity contribution is -0.133. The number of nitrogens with zero attached hydrogens (tertiary/aromatic N) is 1. The highest BCUT2D eigenvalue weighted by molar-refractivity contribution is 5.84. The van der Waals surface area contributed by atoms with Crippen molar-refractivity contribution in [3.63, 3.8) is 0 Å². The molecule has 2 saturated heterocycles. The van der Waals surface area contributed by atoms with Gasteiger partial charge in [0.15, 0.2) is 0 Å². The van der Waals surface area contributed by atoms with E-state index in [-0.39, 0.29) is 17.9 Å². The molecule has 2 rings (SSSR count). The minimum Gasteiger partial charge on any atom is -0.354 e. The lowest BCUT2D eigenvalue weighted by atomic mass is 10.2. The lowest BCUT2D eigenvalue weighted by Gasteiger charge is -2.29. The number of carbonyl (C=O) groups excluding carboxylic acids is 2. The van der Waals surface area contributed by atoms with Gasteiger partial charge in [0.05, 0.1) is 6.04 Å². The normalized spacial score (nSPS) is 27.1. The van der Waals surface area contributed by atoms with Crippen LogP contribution in [0, 0.1) is 0 Å². The Morgan fingerprint density at radius 2 is 2.12 bits per heavy atom. The first-order valence-electron chi connectivity index (χ1n) is 5.77. The Kier molecular flexibility index (Phi) is 3.74. The molecule has 2 heterocycles. The van der Waals surface area contributed by atoms with Gasteiger partial charge < -0.3 is 20.9 Å². The zero-order valence-corrected chi connectivity index (χ0v) is 9.29. The van der Waals surface area contributed by atoms with Crippen molar-refractivity contribution in [2.75, 3.05) is 39.3 Å². The molecule has 6 heteroatoms. The third-order valence-corrected chi connectivity index (χ3v) is 2.96. The summed E-state index contributed by atoms with van der Waals surface area (Å²) in [6.07, 6.45) is 0.409. The van der Waals surface area contributed by atoms with Crippen LogP contribution in [-0.2, 0) is 9.59 Å². The van der Waals surface area contributed by atoms with Crippen molar-refractivity contribution in [1.82, 2.24) is 20.9 Å². The number of nitrogens with one attached hydrogen (secondary N) is 3. The lowest BCUT2D eigenvalue weighted by Crippen LogP contribution is -2.57. The molecule has 2 amide bonds. The molecular weight excluding hydrogens is 208 g/mol. The number of hydrogen-bond donors (Lipinski definition) is 3. The number of piperazine rings is 1. The highest BCUT2D eigenvalue weighted by Crippen LogP contribution is 2.01. The fraction of sp³-hybridized carbons (Fsp3) is 0.800. The minimum atomic E-state index is -0.137. The second-order valence-electron chi connectivity index (χ2n) is 4.14. The van der Waals surface area contributed by atoms with Gasteiger partial charge in [-0.05, 0) is 0 Å². The van der Waals surface area contributed by atoms with Gasteiger partial charge in [0.25, 0.3) is 0 Å². The first kappa shape index (κ1) is 11.3. The van der Waals surface area contributed by atoms with Crippen LogP contribution in [0.2, 0.25) is 0 Å². The summed E-state index contributed by atoms with van der Waals surface area (Å²) < 4.78 is 0. The molecule has 0 saturated carbocycles. The van der Waals surface area contributed by atoms with E-state index in [4.69, 9.17) is 0 Å². The topological polar surface area (TPSA) is 73.5 Å². The Balaban J connectivity index is 1.89. The van der Waals surface area contributed by atoms with E-state index in [0.717, 1.165) is 13.1 Å². The third kappa shape index (κ3) is 2.70. The fourth-order valence-electron chi connectivity index (χ4n) is 2.04. The SMILES string of the molecule is O=C1CCN(C(=O)C2CNCCN2)CCN1. The molecule has 2 aliphatic heterocycles. The molecule has 0 aromatic carbocycles. The Morgan fingerprint density at radius 1 is 1.25 bits per heavy atom. The second-order valence-corrected chi connectivity index (χ2v) is 4.14. The van der Waals surface area contributed by atoms with Crippen LogP contribution in [-0.4, -0.2) is 62.0 Å². The quantitative estimate of drug-likeness (QED) is 0.479. The highest BCUT2D eigenvalue weighted by Gasteiger charge is 2.26. The summed E-state index contributed by atoms with van der Waals surface area (Å²) in [6, 6.07) is -0.137. The average Bonchev–Trinajstić information content (AvgIpc) is 2.54. The van der Waals surface area contributed by atoms with Crippen LogP contribution < -0.4 is 16.0 Å². The maximum absolute atomic E-state index is 12.1. The van der Waals surface area contributed by atoms with E-state index in [1.54, 1.807) is 4.90 Å². The monoisotopic (exact) mass is 226 g/mol. The number of amides is 2. The zero-order valence-electron chi connectivity index (χ0n) is 9.29. The van der Waals surface area contributed by atoms with Gasteiger partial charge in [0.2, 0.25) is 11.8 Å². The van der Waals surface area contributed by atoms with Gasteiger partial charge in [0.1, 0.15) is 0 Å². The largest absolute Gasteiger partial charge is 0.354 e. The summed E-state index contributed by atoms with van der Waals surface area (Å²) in [4.78, 5) is 25.0. The van der Waals surface area contributed by atoms with Crippen molar-refractivity contribution >= 4 is 11.8 Å². The van der Waals surface area contributed by atoms with Gasteiger partial charge in [0, 0.05) is 45.7 Å². The Hall–Kier alpha value is -1.14. The van der Waals surface area contributed by atoms with E-state index in [0.29, 0.717) is 32.6 Å². The second kappa shape index (κ2) is 5.27. The molecule has 90 valence electrons. The summed E-state index contributed by atoms with van der Waals surface area (Å²) >= 11 is 0.